The van der Waals surface area contributed by atoms with E-state index in [9.17, 15) is 0 Å². The fraction of sp³-hybridized carbons (Fsp3) is 0.444. The number of rotatable bonds is 0. The number of hydrogen-bond acceptors (Lipinski definition) is 0. The van der Waals surface area contributed by atoms with Crippen LogP contribution in [0.3, 0.4) is 0 Å². The summed E-state index contributed by atoms with van der Waals surface area (Å²) < 4.78 is 0. The first-order chi connectivity index (χ1) is 8.69. The Balaban J connectivity index is 2.04. The van der Waals surface area contributed by atoms with Crippen LogP contribution in [0.1, 0.15) is 41.5 Å². The van der Waals surface area contributed by atoms with Gasteiger partial charge in [0.15, 0.2) is 0 Å². The summed E-state index contributed by atoms with van der Waals surface area (Å²) in [7, 11) is 0. The lowest BCUT2D eigenvalue weighted by molar-refractivity contribution is 0.146. The molecule has 0 bridgehead atoms. The van der Waals surface area contributed by atoms with Crippen LogP contribution >= 0.6 is 0 Å². The third kappa shape index (κ3) is 0.993. The molecule has 0 fully saturated rings. The molecule has 0 heteroatoms. The van der Waals surface area contributed by atoms with Gasteiger partial charge in [-0.1, -0.05) is 36.4 Å². The van der Waals surface area contributed by atoms with E-state index in [1.165, 1.54) is 36.8 Å². The molecule has 0 aliphatic heterocycles. The predicted molar refractivity (Wildman–Crippen MR) is 75.9 cm³/mol. The van der Waals surface area contributed by atoms with Crippen molar-refractivity contribution in [3.05, 3.63) is 58.7 Å². The predicted octanol–water partition coefficient (Wildman–Crippen LogP) is 4.39. The van der Waals surface area contributed by atoms with E-state index in [2.05, 4.69) is 50.3 Å². The second kappa shape index (κ2) is 3.17. The highest BCUT2D eigenvalue weighted by Gasteiger charge is 2.57. The topological polar surface area (TPSA) is 0 Å². The Morgan fingerprint density at radius 1 is 0.944 bits per heavy atom. The lowest BCUT2D eigenvalue weighted by atomic mass is 9.43. The molecule has 2 atom stereocenters. The first kappa shape index (κ1) is 10.6. The Bertz CT molecular complexity index is 590. The smallest absolute Gasteiger partial charge is 0.0266 e. The molecule has 0 aromatic heterocycles. The molecule has 3 aliphatic carbocycles. The van der Waals surface area contributed by atoms with Gasteiger partial charge in [-0.25, -0.2) is 0 Å². The first-order valence-electron chi connectivity index (χ1n) is 7.14. The van der Waals surface area contributed by atoms with E-state index in [0.29, 0.717) is 10.8 Å². The van der Waals surface area contributed by atoms with Crippen molar-refractivity contribution in [2.24, 2.45) is 5.41 Å². The number of benzene rings is 1. The molecular formula is C18H20. The second-order valence-corrected chi connectivity index (χ2v) is 6.39. The molecule has 0 heterocycles. The molecule has 18 heavy (non-hydrogen) atoms. The molecule has 0 unspecified atom stereocenters. The molecule has 0 nitrogen and oxygen atoms in total. The number of aryl methyl sites for hydroxylation is 2. The molecule has 1 aromatic rings. The van der Waals surface area contributed by atoms with E-state index in [-0.39, 0.29) is 0 Å². The van der Waals surface area contributed by atoms with Crippen LogP contribution in [0.4, 0.5) is 0 Å². The van der Waals surface area contributed by atoms with Crippen LogP contribution in [0.5, 0.6) is 0 Å². The van der Waals surface area contributed by atoms with Gasteiger partial charge in [0.2, 0.25) is 0 Å². The summed E-state index contributed by atoms with van der Waals surface area (Å²) in [6, 6.07) is 4.63. The largest absolute Gasteiger partial charge is 0.0876 e. The number of hydrogen-bond donors (Lipinski definition) is 0. The molecule has 92 valence electrons. The highest BCUT2D eigenvalue weighted by Crippen LogP contribution is 2.64. The average molecular weight is 236 g/mol. The molecular weight excluding hydrogens is 216 g/mol. The quantitative estimate of drug-likeness (QED) is 0.586. The molecule has 0 saturated heterocycles. The minimum atomic E-state index is 0.339. The highest BCUT2D eigenvalue weighted by molar-refractivity contribution is 5.57. The summed E-state index contributed by atoms with van der Waals surface area (Å²) in [6.45, 7) is 4.58. The average Bonchev–Trinajstić information content (AvgIpc) is 2.36. The minimum Gasteiger partial charge on any atom is -0.0876 e. The van der Waals surface area contributed by atoms with Crippen LogP contribution in [0.25, 0.3) is 0 Å². The zero-order chi connectivity index (χ0) is 12.4. The monoisotopic (exact) mass is 236 g/mol. The van der Waals surface area contributed by atoms with Crippen molar-refractivity contribution in [3.8, 4) is 0 Å². The summed E-state index contributed by atoms with van der Waals surface area (Å²) in [5.41, 5.74) is 7.09. The maximum Gasteiger partial charge on any atom is 0.0266 e. The van der Waals surface area contributed by atoms with Gasteiger partial charge in [0.05, 0.1) is 0 Å². The molecule has 0 saturated carbocycles. The van der Waals surface area contributed by atoms with Gasteiger partial charge in [-0.15, -0.1) is 0 Å². The minimum absolute atomic E-state index is 0.339. The van der Waals surface area contributed by atoms with Crippen molar-refractivity contribution < 1.29 is 0 Å². The van der Waals surface area contributed by atoms with Crippen LogP contribution in [0.2, 0.25) is 0 Å². The summed E-state index contributed by atoms with van der Waals surface area (Å²) in [6.07, 6.45) is 14.9. The van der Waals surface area contributed by atoms with E-state index < -0.39 is 0 Å². The molecule has 0 spiro atoms. The highest BCUT2D eigenvalue weighted by atomic mass is 14.6. The van der Waals surface area contributed by atoms with Gasteiger partial charge in [0, 0.05) is 10.8 Å². The number of fused-ring (bicyclic) bond motifs is 1. The summed E-state index contributed by atoms with van der Waals surface area (Å²) >= 11 is 0. The Morgan fingerprint density at radius 2 is 1.72 bits per heavy atom. The third-order valence-corrected chi connectivity index (χ3v) is 5.69. The zero-order valence-corrected chi connectivity index (χ0v) is 11.3. The van der Waals surface area contributed by atoms with Crippen LogP contribution in [-0.2, 0) is 11.8 Å². The fourth-order valence-corrected chi connectivity index (χ4v) is 4.61. The van der Waals surface area contributed by atoms with Gasteiger partial charge in [0.1, 0.15) is 0 Å². The summed E-state index contributed by atoms with van der Waals surface area (Å²) in [4.78, 5) is 0. The van der Waals surface area contributed by atoms with Crippen molar-refractivity contribution in [1.29, 1.82) is 0 Å². The van der Waals surface area contributed by atoms with E-state index in [0.717, 1.165) is 0 Å². The standard InChI is InChI=1S/C18H20/c1-13-5-6-14(2)16-15(13)7-10-17-8-3-4-9-18(16,17)12-11-17/h3-6,11-12H,7-10H2,1-2H3/t17-,18-/m0/s1. The number of allylic oxidation sites excluding steroid dienone is 4. The Hall–Kier alpha value is -1.30. The van der Waals surface area contributed by atoms with E-state index >= 15 is 0 Å². The lowest BCUT2D eigenvalue weighted by Gasteiger charge is -2.60. The van der Waals surface area contributed by atoms with E-state index in [4.69, 9.17) is 0 Å². The van der Waals surface area contributed by atoms with Gasteiger partial charge < -0.3 is 0 Å². The van der Waals surface area contributed by atoms with Crippen LogP contribution < -0.4 is 0 Å². The van der Waals surface area contributed by atoms with Gasteiger partial charge >= 0.3 is 0 Å². The normalized spacial score (nSPS) is 35.4. The summed E-state index contributed by atoms with van der Waals surface area (Å²) in [5.74, 6) is 0. The Labute approximate surface area is 109 Å². The molecule has 0 radical (unpaired) electrons. The van der Waals surface area contributed by atoms with Crippen LogP contribution in [0, 0.1) is 19.3 Å². The molecule has 3 aliphatic rings. The van der Waals surface area contributed by atoms with Crippen LogP contribution in [0.15, 0.2) is 36.4 Å². The molecule has 1 aromatic carbocycles. The SMILES string of the molecule is Cc1ccc(C)c2c1CC[C@@]13C=C[C@@]21CC=CC3. The third-order valence-electron chi connectivity index (χ3n) is 5.69. The molecule has 4 rings (SSSR count). The van der Waals surface area contributed by atoms with Crippen molar-refractivity contribution >= 4 is 0 Å². The maximum absolute atomic E-state index is 2.50. The van der Waals surface area contributed by atoms with Gasteiger partial charge in [-0.05, 0) is 61.8 Å². The molecule has 0 amide bonds. The Kier molecular flexibility index (Phi) is 1.87. The van der Waals surface area contributed by atoms with Crippen molar-refractivity contribution in [2.75, 3.05) is 0 Å². The zero-order valence-electron chi connectivity index (χ0n) is 11.3. The van der Waals surface area contributed by atoms with Crippen LogP contribution in [-0.4, -0.2) is 0 Å². The maximum atomic E-state index is 2.50. The van der Waals surface area contributed by atoms with Crippen molar-refractivity contribution in [3.63, 3.8) is 0 Å². The first-order valence-corrected chi connectivity index (χ1v) is 7.14. The fourth-order valence-electron chi connectivity index (χ4n) is 4.61. The van der Waals surface area contributed by atoms with Gasteiger partial charge in [-0.3, -0.25) is 0 Å². The van der Waals surface area contributed by atoms with E-state index in [1.807, 2.05) is 0 Å². The van der Waals surface area contributed by atoms with Crippen molar-refractivity contribution in [2.45, 2.75) is 44.9 Å². The summed E-state index contributed by atoms with van der Waals surface area (Å²) in [5, 5.41) is 0. The molecule has 0 N–H and O–H groups in total. The van der Waals surface area contributed by atoms with Gasteiger partial charge in [0.25, 0.3) is 0 Å². The van der Waals surface area contributed by atoms with Crippen molar-refractivity contribution in [1.82, 2.24) is 0 Å². The van der Waals surface area contributed by atoms with Gasteiger partial charge in [-0.2, -0.15) is 0 Å². The second-order valence-electron chi connectivity index (χ2n) is 6.39. The lowest BCUT2D eigenvalue weighted by Crippen LogP contribution is -2.53. The van der Waals surface area contributed by atoms with E-state index in [1.54, 1.807) is 11.1 Å². The Morgan fingerprint density at radius 3 is 2.50 bits per heavy atom.